The second-order valence-electron chi connectivity index (χ2n) is 5.47. The third-order valence-electron chi connectivity index (χ3n) is 3.84. The lowest BCUT2D eigenvalue weighted by Crippen LogP contribution is -2.27. The molecular weight excluding hydrogens is 366 g/mol. The number of carboxylic acid groups (broad SMARTS) is 1. The lowest BCUT2D eigenvalue weighted by molar-refractivity contribution is -0.132. The number of aliphatic carboxylic acids is 1. The smallest absolute Gasteiger partial charge is 0.352 e. The zero-order valence-electron chi connectivity index (χ0n) is 15.9. The maximum Gasteiger partial charge on any atom is 0.352 e. The number of carbonyl (C=O) groups is 2. The molecule has 0 saturated heterocycles. The summed E-state index contributed by atoms with van der Waals surface area (Å²) in [6, 6.07) is 9.71. The summed E-state index contributed by atoms with van der Waals surface area (Å²) in [6.07, 6.45) is 1.32. The molecule has 2 rings (SSSR count). The molecular formula is C20H21NO7. The Hall–Kier alpha value is -3.68. The molecule has 1 amide bonds. The van der Waals surface area contributed by atoms with E-state index in [1.807, 2.05) is 0 Å². The summed E-state index contributed by atoms with van der Waals surface area (Å²) in [5.74, 6) is -0.600. The fourth-order valence-corrected chi connectivity index (χ4v) is 2.50. The molecule has 0 bridgehead atoms. The maximum absolute atomic E-state index is 12.6. The quantitative estimate of drug-likeness (QED) is 0.671. The van der Waals surface area contributed by atoms with E-state index in [0.717, 1.165) is 0 Å². The SMILES string of the molecule is COc1ccccc1/C=C(\NC(=O)c1cc(OC)c(OC)c(OC)c1)C(=O)O. The Labute approximate surface area is 162 Å². The molecule has 0 unspecified atom stereocenters. The highest BCUT2D eigenvalue weighted by molar-refractivity contribution is 6.03. The van der Waals surface area contributed by atoms with Gasteiger partial charge in [-0.3, -0.25) is 4.79 Å². The van der Waals surface area contributed by atoms with Gasteiger partial charge in [0.15, 0.2) is 11.5 Å². The van der Waals surface area contributed by atoms with Gasteiger partial charge in [0.25, 0.3) is 5.91 Å². The Morgan fingerprint density at radius 1 is 0.893 bits per heavy atom. The van der Waals surface area contributed by atoms with Crippen LogP contribution in [0.2, 0.25) is 0 Å². The molecule has 2 aromatic carbocycles. The minimum atomic E-state index is -1.30. The van der Waals surface area contributed by atoms with Crippen molar-refractivity contribution in [1.29, 1.82) is 0 Å². The van der Waals surface area contributed by atoms with E-state index in [9.17, 15) is 14.7 Å². The number of rotatable bonds is 8. The van der Waals surface area contributed by atoms with Crippen molar-refractivity contribution < 1.29 is 33.6 Å². The monoisotopic (exact) mass is 387 g/mol. The van der Waals surface area contributed by atoms with Crippen LogP contribution in [0.5, 0.6) is 23.0 Å². The Morgan fingerprint density at radius 3 is 1.96 bits per heavy atom. The summed E-state index contributed by atoms with van der Waals surface area (Å²) in [5, 5.41) is 11.9. The van der Waals surface area contributed by atoms with Crippen LogP contribution in [0, 0.1) is 0 Å². The first-order valence-corrected chi connectivity index (χ1v) is 8.14. The summed E-state index contributed by atoms with van der Waals surface area (Å²) in [5.41, 5.74) is 0.331. The van der Waals surface area contributed by atoms with Gasteiger partial charge in [-0.1, -0.05) is 18.2 Å². The maximum atomic E-state index is 12.6. The molecule has 0 heterocycles. The van der Waals surface area contributed by atoms with Gasteiger partial charge < -0.3 is 29.4 Å². The summed E-state index contributed by atoms with van der Waals surface area (Å²) in [6.45, 7) is 0. The summed E-state index contributed by atoms with van der Waals surface area (Å²) in [4.78, 5) is 24.3. The van der Waals surface area contributed by atoms with Gasteiger partial charge in [-0.25, -0.2) is 4.79 Å². The topological polar surface area (TPSA) is 103 Å². The largest absolute Gasteiger partial charge is 0.496 e. The molecule has 28 heavy (non-hydrogen) atoms. The van der Waals surface area contributed by atoms with E-state index in [4.69, 9.17) is 18.9 Å². The van der Waals surface area contributed by atoms with Crippen molar-refractivity contribution in [1.82, 2.24) is 5.32 Å². The average molecular weight is 387 g/mol. The number of methoxy groups -OCH3 is 4. The van der Waals surface area contributed by atoms with Crippen LogP contribution in [0.4, 0.5) is 0 Å². The molecule has 8 heteroatoms. The molecule has 0 spiro atoms. The molecule has 2 N–H and O–H groups in total. The highest BCUT2D eigenvalue weighted by Crippen LogP contribution is 2.38. The van der Waals surface area contributed by atoms with Crippen molar-refractivity contribution >= 4 is 18.0 Å². The van der Waals surface area contributed by atoms with Crippen LogP contribution in [0.25, 0.3) is 6.08 Å². The lowest BCUT2D eigenvalue weighted by atomic mass is 10.1. The third-order valence-corrected chi connectivity index (χ3v) is 3.84. The van der Waals surface area contributed by atoms with Crippen LogP contribution in [0.1, 0.15) is 15.9 Å². The highest BCUT2D eigenvalue weighted by atomic mass is 16.5. The average Bonchev–Trinajstić information content (AvgIpc) is 2.72. The number of para-hydroxylation sites is 1. The fourth-order valence-electron chi connectivity index (χ4n) is 2.50. The van der Waals surface area contributed by atoms with E-state index in [2.05, 4.69) is 5.32 Å². The standard InChI is InChI=1S/C20H21NO7/c1-25-15-8-6-5-7-12(15)9-14(20(23)24)21-19(22)13-10-16(26-2)18(28-4)17(11-13)27-3/h5-11H,1-4H3,(H,21,22)(H,23,24)/b14-9-. The number of ether oxygens (including phenoxy) is 4. The molecule has 0 aliphatic carbocycles. The minimum absolute atomic E-state index is 0.140. The zero-order valence-corrected chi connectivity index (χ0v) is 15.9. The van der Waals surface area contributed by atoms with Gasteiger partial charge in [0.05, 0.1) is 28.4 Å². The van der Waals surface area contributed by atoms with Crippen LogP contribution >= 0.6 is 0 Å². The van der Waals surface area contributed by atoms with Crippen LogP contribution in [-0.2, 0) is 4.79 Å². The molecule has 0 aliphatic rings. The van der Waals surface area contributed by atoms with Crippen LogP contribution in [0.3, 0.4) is 0 Å². The van der Waals surface area contributed by atoms with Gasteiger partial charge in [-0.15, -0.1) is 0 Å². The molecule has 0 fully saturated rings. The van der Waals surface area contributed by atoms with E-state index in [1.54, 1.807) is 24.3 Å². The fraction of sp³-hybridized carbons (Fsp3) is 0.200. The van der Waals surface area contributed by atoms with E-state index in [-0.39, 0.29) is 22.8 Å². The van der Waals surface area contributed by atoms with Crippen molar-refractivity contribution in [3.8, 4) is 23.0 Å². The van der Waals surface area contributed by atoms with Gasteiger partial charge >= 0.3 is 5.97 Å². The first-order chi connectivity index (χ1) is 13.4. The van der Waals surface area contributed by atoms with Crippen molar-refractivity contribution in [2.24, 2.45) is 0 Å². The van der Waals surface area contributed by atoms with Crippen molar-refractivity contribution in [2.45, 2.75) is 0 Å². The van der Waals surface area contributed by atoms with Crippen LogP contribution in [-0.4, -0.2) is 45.4 Å². The predicted molar refractivity (Wildman–Crippen MR) is 102 cm³/mol. The molecule has 8 nitrogen and oxygen atoms in total. The first-order valence-electron chi connectivity index (χ1n) is 8.14. The van der Waals surface area contributed by atoms with E-state index < -0.39 is 11.9 Å². The Morgan fingerprint density at radius 2 is 1.46 bits per heavy atom. The Bertz CT molecular complexity index is 880. The van der Waals surface area contributed by atoms with Crippen molar-refractivity contribution in [3.63, 3.8) is 0 Å². The molecule has 0 radical (unpaired) electrons. The van der Waals surface area contributed by atoms with Gasteiger partial charge in [0.2, 0.25) is 5.75 Å². The van der Waals surface area contributed by atoms with Gasteiger partial charge in [-0.05, 0) is 24.3 Å². The van der Waals surface area contributed by atoms with Gasteiger partial charge in [-0.2, -0.15) is 0 Å². The molecule has 0 aromatic heterocycles. The lowest BCUT2D eigenvalue weighted by Gasteiger charge is -2.14. The number of hydrogen-bond donors (Lipinski definition) is 2. The summed E-state index contributed by atoms with van der Waals surface area (Å²) in [7, 11) is 5.76. The van der Waals surface area contributed by atoms with Gasteiger partial charge in [0.1, 0.15) is 11.4 Å². The Balaban J connectivity index is 2.40. The van der Waals surface area contributed by atoms with Crippen LogP contribution in [0.15, 0.2) is 42.1 Å². The highest BCUT2D eigenvalue weighted by Gasteiger charge is 2.19. The molecule has 0 aliphatic heterocycles. The third kappa shape index (κ3) is 4.53. The number of carboxylic acids is 1. The number of amides is 1. The van der Waals surface area contributed by atoms with E-state index in [0.29, 0.717) is 17.1 Å². The Kier molecular flexibility index (Phi) is 6.86. The number of carbonyl (C=O) groups excluding carboxylic acids is 1. The normalized spacial score (nSPS) is 10.8. The minimum Gasteiger partial charge on any atom is -0.496 e. The van der Waals surface area contributed by atoms with Gasteiger partial charge in [0, 0.05) is 11.1 Å². The first kappa shape index (κ1) is 20.6. The van der Waals surface area contributed by atoms with Crippen LogP contribution < -0.4 is 24.3 Å². The zero-order chi connectivity index (χ0) is 20.7. The second kappa shape index (κ2) is 9.31. The molecule has 148 valence electrons. The van der Waals surface area contributed by atoms with E-state index in [1.165, 1.54) is 46.6 Å². The second-order valence-corrected chi connectivity index (χ2v) is 5.47. The number of nitrogens with one attached hydrogen (secondary N) is 1. The predicted octanol–water partition coefficient (Wildman–Crippen LogP) is 2.58. The molecule has 2 aromatic rings. The molecule has 0 saturated carbocycles. The van der Waals surface area contributed by atoms with E-state index >= 15 is 0 Å². The van der Waals surface area contributed by atoms with Crippen molar-refractivity contribution in [2.75, 3.05) is 28.4 Å². The number of benzene rings is 2. The summed E-state index contributed by atoms with van der Waals surface area (Å²) < 4.78 is 20.9. The van der Waals surface area contributed by atoms with Crippen molar-refractivity contribution in [3.05, 3.63) is 53.2 Å². The number of hydrogen-bond acceptors (Lipinski definition) is 6. The summed E-state index contributed by atoms with van der Waals surface area (Å²) >= 11 is 0. The molecule has 0 atom stereocenters.